The van der Waals surface area contributed by atoms with E-state index in [0.29, 0.717) is 40.3 Å². The zero-order chi connectivity index (χ0) is 32.8. The summed E-state index contributed by atoms with van der Waals surface area (Å²) < 4.78 is 12.6. The van der Waals surface area contributed by atoms with Gasteiger partial charge in [0, 0.05) is 47.9 Å². The van der Waals surface area contributed by atoms with Gasteiger partial charge in [0.05, 0.1) is 41.9 Å². The van der Waals surface area contributed by atoms with Gasteiger partial charge in [-0.1, -0.05) is 71.7 Å². The normalized spacial score (nSPS) is 11.4. The smallest absolute Gasteiger partial charge is 0.259 e. The minimum atomic E-state index is -0.323. The molecule has 5 rings (SSSR count). The molecule has 2 heterocycles. The first-order valence-electron chi connectivity index (χ1n) is 14.6. The maximum absolute atomic E-state index is 14.5. The van der Waals surface area contributed by atoms with Crippen molar-refractivity contribution in [3.05, 3.63) is 123 Å². The number of para-hydroxylation sites is 1. The van der Waals surface area contributed by atoms with E-state index in [9.17, 15) is 9.59 Å². The van der Waals surface area contributed by atoms with Crippen molar-refractivity contribution in [1.29, 1.82) is 0 Å². The van der Waals surface area contributed by atoms with Crippen LogP contribution in [0, 0.1) is 0 Å². The van der Waals surface area contributed by atoms with Gasteiger partial charge < -0.3 is 24.3 Å². The number of likely N-dealkylation sites (N-methyl/N-ethyl adjacent to an activating group) is 1. The maximum Gasteiger partial charge on any atom is 0.259 e. The van der Waals surface area contributed by atoms with Crippen LogP contribution in [0.5, 0.6) is 11.5 Å². The van der Waals surface area contributed by atoms with Gasteiger partial charge in [-0.3, -0.25) is 9.59 Å². The van der Waals surface area contributed by atoms with E-state index >= 15 is 0 Å². The Hall–Kier alpha value is -4.63. The third kappa shape index (κ3) is 7.42. The largest absolute Gasteiger partial charge is 0.495 e. The number of anilines is 2. The molecule has 3 aromatic carbocycles. The highest BCUT2D eigenvalue weighted by Gasteiger charge is 2.23. The fourth-order valence-electron chi connectivity index (χ4n) is 5.14. The lowest BCUT2D eigenvalue weighted by molar-refractivity contribution is -0.114. The Morgan fingerprint density at radius 2 is 1.63 bits per heavy atom. The molecule has 0 amide bonds. The molecule has 0 aliphatic rings. The molecule has 0 saturated heterocycles. The van der Waals surface area contributed by atoms with Gasteiger partial charge in [-0.05, 0) is 49.5 Å². The molecule has 0 bridgehead atoms. The number of benzene rings is 3. The van der Waals surface area contributed by atoms with E-state index in [4.69, 9.17) is 32.7 Å². The van der Waals surface area contributed by atoms with Crippen molar-refractivity contribution in [1.82, 2.24) is 14.5 Å². The third-order valence-electron chi connectivity index (χ3n) is 7.35. The summed E-state index contributed by atoms with van der Waals surface area (Å²) in [5, 5.41) is 4.38. The van der Waals surface area contributed by atoms with Crippen LogP contribution in [0.4, 0.5) is 11.5 Å². The van der Waals surface area contributed by atoms with Gasteiger partial charge in [0.15, 0.2) is 5.78 Å². The Morgan fingerprint density at radius 1 is 0.935 bits per heavy atom. The molecular formula is C36H34Cl2N4O4. The SMILES string of the molecule is COc1cc(OC)c(Cl)c(-c2cc3cnc(Nc4ccccc4)cc3n(Cc3cccc(CC(=O)/C=C/CN(C)C)c3)c2=O)c1Cl. The van der Waals surface area contributed by atoms with E-state index in [0.717, 1.165) is 16.8 Å². The first-order valence-corrected chi connectivity index (χ1v) is 15.3. The van der Waals surface area contributed by atoms with Crippen molar-refractivity contribution in [3.8, 4) is 22.6 Å². The lowest BCUT2D eigenvalue weighted by Crippen LogP contribution is -2.23. The third-order valence-corrected chi connectivity index (χ3v) is 8.10. The van der Waals surface area contributed by atoms with Crippen LogP contribution >= 0.6 is 23.2 Å². The molecule has 1 N–H and O–H groups in total. The summed E-state index contributed by atoms with van der Waals surface area (Å²) in [5.74, 6) is 1.22. The van der Waals surface area contributed by atoms with E-state index < -0.39 is 0 Å². The fourth-order valence-corrected chi connectivity index (χ4v) is 5.85. The molecule has 0 unspecified atom stereocenters. The number of methoxy groups -OCH3 is 2. The molecule has 0 aliphatic heterocycles. The van der Waals surface area contributed by atoms with Crippen LogP contribution in [-0.4, -0.2) is 55.1 Å². The summed E-state index contributed by atoms with van der Waals surface area (Å²) in [6.45, 7) is 0.897. The predicted octanol–water partition coefficient (Wildman–Crippen LogP) is 7.41. The van der Waals surface area contributed by atoms with Gasteiger partial charge in [-0.15, -0.1) is 0 Å². The van der Waals surface area contributed by atoms with Gasteiger partial charge in [-0.25, -0.2) is 4.98 Å². The number of nitrogens with zero attached hydrogens (tertiary/aromatic N) is 3. The molecule has 5 aromatic rings. The van der Waals surface area contributed by atoms with Crippen molar-refractivity contribution in [3.63, 3.8) is 0 Å². The molecule has 0 aliphatic carbocycles. The van der Waals surface area contributed by atoms with Crippen molar-refractivity contribution < 1.29 is 14.3 Å². The van der Waals surface area contributed by atoms with Gasteiger partial charge >= 0.3 is 0 Å². The number of ketones is 1. The van der Waals surface area contributed by atoms with Crippen LogP contribution in [0.25, 0.3) is 22.0 Å². The lowest BCUT2D eigenvalue weighted by Gasteiger charge is -2.18. The predicted molar refractivity (Wildman–Crippen MR) is 186 cm³/mol. The summed E-state index contributed by atoms with van der Waals surface area (Å²) >= 11 is 13.5. The number of hydrogen-bond donors (Lipinski definition) is 1. The Labute approximate surface area is 277 Å². The first-order chi connectivity index (χ1) is 22.2. The molecule has 46 heavy (non-hydrogen) atoms. The van der Waals surface area contributed by atoms with Crippen LogP contribution in [0.2, 0.25) is 10.0 Å². The monoisotopic (exact) mass is 656 g/mol. The van der Waals surface area contributed by atoms with Gasteiger partial charge in [0.25, 0.3) is 5.56 Å². The second-order valence-corrected chi connectivity index (χ2v) is 11.7. The summed E-state index contributed by atoms with van der Waals surface area (Å²) in [4.78, 5) is 33.7. The van der Waals surface area contributed by atoms with Gasteiger partial charge in [0.1, 0.15) is 17.3 Å². The van der Waals surface area contributed by atoms with Crippen LogP contribution in [0.1, 0.15) is 11.1 Å². The van der Waals surface area contributed by atoms with Crippen molar-refractivity contribution in [2.24, 2.45) is 0 Å². The second-order valence-electron chi connectivity index (χ2n) is 11.0. The summed E-state index contributed by atoms with van der Waals surface area (Å²) in [6.07, 6.45) is 5.41. The number of fused-ring (bicyclic) bond motifs is 1. The zero-order valence-electron chi connectivity index (χ0n) is 26.0. The Kier molecular flexibility index (Phi) is 10.4. The molecule has 8 nitrogen and oxygen atoms in total. The highest BCUT2D eigenvalue weighted by Crippen LogP contribution is 2.45. The quantitative estimate of drug-likeness (QED) is 0.140. The number of nitrogens with one attached hydrogen (secondary N) is 1. The number of carbonyl (C=O) groups is 1. The number of aromatic nitrogens is 2. The minimum absolute atomic E-state index is 0.00238. The Bertz CT molecular complexity index is 1950. The van der Waals surface area contributed by atoms with E-state index in [1.807, 2.05) is 85.7 Å². The highest BCUT2D eigenvalue weighted by atomic mass is 35.5. The number of ether oxygens (including phenoxy) is 2. The van der Waals surface area contributed by atoms with E-state index in [-0.39, 0.29) is 39.9 Å². The first kappa shape index (κ1) is 32.8. The standard InChI is InChI=1S/C36H34Cl2N4O4/c1-41(2)15-9-14-27(43)17-23-10-8-11-24(16-23)22-42-29-19-32(40-26-12-6-5-7-13-26)39-21-25(29)18-28(36(42)44)33-34(37)30(45-3)20-31(46-4)35(33)38/h5-14,16,18-21H,15,17,22H2,1-4H3,(H,39,40)/b14-9+. The number of rotatable bonds is 12. The summed E-state index contributed by atoms with van der Waals surface area (Å²) in [6, 6.07) is 22.5. The molecule has 0 saturated carbocycles. The number of hydrogen-bond acceptors (Lipinski definition) is 7. The average Bonchev–Trinajstić information content (AvgIpc) is 3.04. The molecule has 0 radical (unpaired) electrons. The Morgan fingerprint density at radius 3 is 2.30 bits per heavy atom. The van der Waals surface area contributed by atoms with Gasteiger partial charge in [0.2, 0.25) is 0 Å². The number of allylic oxidation sites excluding steroid dienone is 1. The number of halogens is 2. The topological polar surface area (TPSA) is 85.7 Å². The maximum atomic E-state index is 14.5. The zero-order valence-corrected chi connectivity index (χ0v) is 27.5. The fraction of sp³-hybridized carbons (Fsp3) is 0.194. The molecular weight excluding hydrogens is 623 g/mol. The molecule has 236 valence electrons. The van der Waals surface area contributed by atoms with Crippen molar-refractivity contribution in [2.45, 2.75) is 13.0 Å². The van der Waals surface area contributed by atoms with Crippen LogP contribution < -0.4 is 20.3 Å². The Balaban J connectivity index is 1.63. The van der Waals surface area contributed by atoms with Crippen LogP contribution in [-0.2, 0) is 17.8 Å². The average molecular weight is 658 g/mol. The van der Waals surface area contributed by atoms with Crippen molar-refractivity contribution >= 4 is 51.4 Å². The molecule has 0 atom stereocenters. The molecule has 2 aromatic heterocycles. The van der Waals surface area contributed by atoms with E-state index in [1.54, 1.807) is 29.0 Å². The summed E-state index contributed by atoms with van der Waals surface area (Å²) in [7, 11) is 6.86. The van der Waals surface area contributed by atoms with Crippen LogP contribution in [0.15, 0.2) is 95.9 Å². The lowest BCUT2D eigenvalue weighted by atomic mass is 10.0. The van der Waals surface area contributed by atoms with E-state index in [1.165, 1.54) is 14.2 Å². The number of pyridine rings is 2. The minimum Gasteiger partial charge on any atom is -0.495 e. The summed E-state index contributed by atoms with van der Waals surface area (Å²) in [5.41, 5.74) is 3.45. The van der Waals surface area contributed by atoms with Crippen LogP contribution in [0.3, 0.4) is 0 Å². The molecule has 0 spiro atoms. The number of carbonyl (C=O) groups excluding carboxylic acids is 1. The highest BCUT2D eigenvalue weighted by molar-refractivity contribution is 6.41. The van der Waals surface area contributed by atoms with Gasteiger partial charge in [-0.2, -0.15) is 0 Å². The van der Waals surface area contributed by atoms with Crippen molar-refractivity contribution in [2.75, 3.05) is 40.2 Å². The van der Waals surface area contributed by atoms with E-state index in [2.05, 4.69) is 10.3 Å². The molecule has 10 heteroatoms. The second kappa shape index (κ2) is 14.6. The molecule has 0 fully saturated rings.